The minimum absolute atomic E-state index is 0.0615. The predicted octanol–water partition coefficient (Wildman–Crippen LogP) is 5.76. The summed E-state index contributed by atoms with van der Waals surface area (Å²) in [5.41, 5.74) is 3.94. The lowest BCUT2D eigenvalue weighted by atomic mass is 10.1. The van der Waals surface area contributed by atoms with Crippen LogP contribution in [0.25, 0.3) is 11.3 Å². The second-order valence-electron chi connectivity index (χ2n) is 6.74. The molecule has 0 spiro atoms. The Morgan fingerprint density at radius 2 is 1.87 bits per heavy atom. The third-order valence-corrected chi connectivity index (χ3v) is 6.00. The van der Waals surface area contributed by atoms with Gasteiger partial charge in [-0.05, 0) is 18.2 Å². The smallest absolute Gasteiger partial charge is 0.378 e. The maximum absolute atomic E-state index is 12.8. The van der Waals surface area contributed by atoms with Crippen molar-refractivity contribution >= 4 is 40.0 Å². The summed E-state index contributed by atoms with van der Waals surface area (Å²) >= 11 is 7.48. The fourth-order valence-corrected chi connectivity index (χ4v) is 4.28. The van der Waals surface area contributed by atoms with Gasteiger partial charge in [0.15, 0.2) is 5.13 Å². The summed E-state index contributed by atoms with van der Waals surface area (Å²) in [5, 5.41) is 5.01. The molecule has 2 heterocycles. The molecule has 0 saturated carbocycles. The minimum Gasteiger partial charge on any atom is -0.378 e. The standard InChI is InChI=1S/C21H18ClF3N4OS/c22-16-12-15(21(23,24)25)6-7-17(16)28-26-13-18-19(14-4-2-1-3-5-14)27-20(31-18)29-8-10-30-11-9-29/h1-7,12-13,28H,8-11H2. The van der Waals surface area contributed by atoms with Gasteiger partial charge in [0.1, 0.15) is 0 Å². The quantitative estimate of drug-likeness (QED) is 0.383. The Bertz CT molecular complexity index is 1070. The number of alkyl halides is 3. The number of hydrogen-bond donors (Lipinski definition) is 1. The van der Waals surface area contributed by atoms with E-state index >= 15 is 0 Å². The molecule has 1 aliphatic heterocycles. The molecule has 0 aliphatic carbocycles. The summed E-state index contributed by atoms with van der Waals surface area (Å²) in [5.74, 6) is 0. The van der Waals surface area contributed by atoms with Gasteiger partial charge in [-0.3, -0.25) is 5.43 Å². The van der Waals surface area contributed by atoms with Crippen molar-refractivity contribution in [2.45, 2.75) is 6.18 Å². The van der Waals surface area contributed by atoms with Crippen LogP contribution < -0.4 is 10.3 Å². The minimum atomic E-state index is -4.45. The van der Waals surface area contributed by atoms with Crippen molar-refractivity contribution in [3.63, 3.8) is 0 Å². The number of thiazole rings is 1. The largest absolute Gasteiger partial charge is 0.416 e. The van der Waals surface area contributed by atoms with Crippen LogP contribution in [0.2, 0.25) is 5.02 Å². The lowest BCUT2D eigenvalue weighted by Gasteiger charge is -2.26. The molecule has 31 heavy (non-hydrogen) atoms. The van der Waals surface area contributed by atoms with Crippen molar-refractivity contribution in [2.24, 2.45) is 5.10 Å². The van der Waals surface area contributed by atoms with E-state index < -0.39 is 11.7 Å². The maximum atomic E-state index is 12.8. The molecule has 0 atom stereocenters. The van der Waals surface area contributed by atoms with E-state index in [2.05, 4.69) is 15.4 Å². The molecule has 1 saturated heterocycles. The number of benzene rings is 2. The molecule has 4 rings (SSSR count). The van der Waals surface area contributed by atoms with Gasteiger partial charge in [-0.25, -0.2) is 4.98 Å². The van der Waals surface area contributed by atoms with Crippen LogP contribution in [0.15, 0.2) is 53.6 Å². The van der Waals surface area contributed by atoms with Crippen molar-refractivity contribution in [1.29, 1.82) is 0 Å². The summed E-state index contributed by atoms with van der Waals surface area (Å²) in [7, 11) is 0. The van der Waals surface area contributed by atoms with E-state index in [4.69, 9.17) is 21.3 Å². The normalized spacial score (nSPS) is 14.9. The van der Waals surface area contributed by atoms with Gasteiger partial charge in [0.25, 0.3) is 0 Å². The van der Waals surface area contributed by atoms with E-state index in [-0.39, 0.29) is 10.7 Å². The van der Waals surface area contributed by atoms with E-state index in [1.54, 1.807) is 6.21 Å². The van der Waals surface area contributed by atoms with E-state index in [1.807, 2.05) is 30.3 Å². The van der Waals surface area contributed by atoms with Crippen LogP contribution in [0.1, 0.15) is 10.4 Å². The number of aromatic nitrogens is 1. The second kappa shape index (κ2) is 9.25. The lowest BCUT2D eigenvalue weighted by Crippen LogP contribution is -2.36. The number of rotatable bonds is 5. The molecule has 5 nitrogen and oxygen atoms in total. The lowest BCUT2D eigenvalue weighted by molar-refractivity contribution is -0.137. The van der Waals surface area contributed by atoms with Gasteiger partial charge < -0.3 is 9.64 Å². The Labute approximate surface area is 186 Å². The van der Waals surface area contributed by atoms with Crippen LogP contribution in [0.5, 0.6) is 0 Å². The fraction of sp³-hybridized carbons (Fsp3) is 0.238. The van der Waals surface area contributed by atoms with Gasteiger partial charge in [0.05, 0.1) is 46.3 Å². The Morgan fingerprint density at radius 1 is 1.13 bits per heavy atom. The Morgan fingerprint density at radius 3 is 2.55 bits per heavy atom. The number of hydrogen-bond acceptors (Lipinski definition) is 6. The van der Waals surface area contributed by atoms with Crippen LogP contribution >= 0.6 is 22.9 Å². The van der Waals surface area contributed by atoms with Gasteiger partial charge in [-0.1, -0.05) is 53.3 Å². The van der Waals surface area contributed by atoms with Gasteiger partial charge in [-0.2, -0.15) is 18.3 Å². The first-order valence-corrected chi connectivity index (χ1v) is 10.7. The average molecular weight is 467 g/mol. The molecular formula is C21H18ClF3N4OS. The highest BCUT2D eigenvalue weighted by molar-refractivity contribution is 7.17. The molecule has 10 heteroatoms. The highest BCUT2D eigenvalue weighted by Gasteiger charge is 2.30. The Kier molecular flexibility index (Phi) is 6.45. The van der Waals surface area contributed by atoms with Crippen LogP contribution in [0.4, 0.5) is 24.0 Å². The first kappa shape index (κ1) is 21.6. The zero-order chi connectivity index (χ0) is 21.8. The Balaban J connectivity index is 1.58. The van der Waals surface area contributed by atoms with Crippen LogP contribution in [0, 0.1) is 0 Å². The van der Waals surface area contributed by atoms with Crippen molar-refractivity contribution in [2.75, 3.05) is 36.6 Å². The molecule has 0 bridgehead atoms. The molecule has 1 aliphatic rings. The van der Waals surface area contributed by atoms with Crippen LogP contribution in [-0.2, 0) is 10.9 Å². The third kappa shape index (κ3) is 5.17. The van der Waals surface area contributed by atoms with Crippen molar-refractivity contribution in [3.8, 4) is 11.3 Å². The number of nitrogens with one attached hydrogen (secondary N) is 1. The second-order valence-corrected chi connectivity index (χ2v) is 8.15. The van der Waals surface area contributed by atoms with Crippen LogP contribution in [0.3, 0.4) is 0 Å². The van der Waals surface area contributed by atoms with Gasteiger partial charge in [0, 0.05) is 18.7 Å². The topological polar surface area (TPSA) is 49.8 Å². The molecule has 162 valence electrons. The molecule has 3 aromatic rings. The highest BCUT2D eigenvalue weighted by atomic mass is 35.5. The first-order chi connectivity index (χ1) is 14.9. The fourth-order valence-electron chi connectivity index (χ4n) is 3.04. The third-order valence-electron chi connectivity index (χ3n) is 4.63. The summed E-state index contributed by atoms with van der Waals surface area (Å²) in [6.45, 7) is 2.82. The number of hydrazone groups is 1. The van der Waals surface area contributed by atoms with Crippen molar-refractivity contribution < 1.29 is 17.9 Å². The molecule has 1 fully saturated rings. The average Bonchev–Trinajstić information content (AvgIpc) is 3.19. The van der Waals surface area contributed by atoms with Gasteiger partial charge in [-0.15, -0.1) is 0 Å². The van der Waals surface area contributed by atoms with Gasteiger partial charge >= 0.3 is 6.18 Å². The molecule has 0 unspecified atom stereocenters. The molecule has 2 aromatic carbocycles. The SMILES string of the molecule is FC(F)(F)c1ccc(NN=Cc2sc(N3CCOCC3)nc2-c2ccccc2)c(Cl)c1. The molecule has 0 radical (unpaired) electrons. The number of morpholine rings is 1. The van der Waals surface area contributed by atoms with Crippen molar-refractivity contribution in [1.82, 2.24) is 4.98 Å². The number of nitrogens with zero attached hydrogens (tertiary/aromatic N) is 3. The van der Waals surface area contributed by atoms with Crippen LogP contribution in [-0.4, -0.2) is 37.5 Å². The zero-order valence-electron chi connectivity index (χ0n) is 16.2. The summed E-state index contributed by atoms with van der Waals surface area (Å²) < 4.78 is 43.8. The van der Waals surface area contributed by atoms with E-state index in [1.165, 1.54) is 17.4 Å². The first-order valence-electron chi connectivity index (χ1n) is 9.46. The Hall–Kier alpha value is -2.62. The summed E-state index contributed by atoms with van der Waals surface area (Å²) in [6, 6.07) is 12.8. The molecular weight excluding hydrogens is 449 g/mol. The monoisotopic (exact) mass is 466 g/mol. The molecule has 1 N–H and O–H groups in total. The summed E-state index contributed by atoms with van der Waals surface area (Å²) in [4.78, 5) is 7.79. The zero-order valence-corrected chi connectivity index (χ0v) is 17.8. The number of halogens is 4. The highest BCUT2D eigenvalue weighted by Crippen LogP contribution is 2.34. The van der Waals surface area contributed by atoms with Gasteiger partial charge in [0.2, 0.25) is 0 Å². The predicted molar refractivity (Wildman–Crippen MR) is 118 cm³/mol. The van der Waals surface area contributed by atoms with Crippen molar-refractivity contribution in [3.05, 3.63) is 64.0 Å². The number of ether oxygens (including phenoxy) is 1. The molecule has 1 aromatic heterocycles. The van der Waals surface area contributed by atoms with E-state index in [9.17, 15) is 13.2 Å². The number of anilines is 2. The van der Waals surface area contributed by atoms with E-state index in [0.29, 0.717) is 13.2 Å². The maximum Gasteiger partial charge on any atom is 0.416 e. The molecule has 0 amide bonds. The summed E-state index contributed by atoms with van der Waals surface area (Å²) in [6.07, 6.45) is -2.84. The van der Waals surface area contributed by atoms with E-state index in [0.717, 1.165) is 46.5 Å².